The predicted molar refractivity (Wildman–Crippen MR) is 75.7 cm³/mol. The van der Waals surface area contributed by atoms with Crippen LogP contribution in [0.2, 0.25) is 0 Å². The van der Waals surface area contributed by atoms with Gasteiger partial charge in [0.1, 0.15) is 0 Å². The summed E-state index contributed by atoms with van der Waals surface area (Å²) in [6.45, 7) is 0. The van der Waals surface area contributed by atoms with Crippen LogP contribution in [0.1, 0.15) is 0 Å². The number of rotatable bonds is 1. The van der Waals surface area contributed by atoms with Crippen molar-refractivity contribution in [2.45, 2.75) is 0 Å². The Morgan fingerprint density at radius 1 is 0.812 bits per heavy atom. The minimum Gasteiger partial charge on any atom is -0.0841 e. The third-order valence-electron chi connectivity index (χ3n) is 2.70. The van der Waals surface area contributed by atoms with Crippen LogP contribution < -0.4 is 0 Å². The summed E-state index contributed by atoms with van der Waals surface area (Å²) in [6, 6.07) is 19.4. The minimum atomic E-state index is -0.304. The molecule has 0 N–H and O–H groups in total. The fraction of sp³-hybridized carbons (Fsp3) is 0. The number of hydrogen-bond acceptors (Lipinski definition) is 0. The van der Waals surface area contributed by atoms with Gasteiger partial charge >= 0.3 is 0 Å². The Balaban J connectivity index is 2.33. The second-order valence-electron chi connectivity index (χ2n) is 3.70. The molecule has 0 aliphatic rings. The first-order chi connectivity index (χ1) is 7.86. The standard InChI is InChI=1S/C14H10BrP/c15-13-10-16(11-6-2-1-3-7-11)14-9-5-4-8-12(13)14/h1-10H. The molecule has 2 aromatic carbocycles. The monoisotopic (exact) mass is 288 g/mol. The zero-order valence-electron chi connectivity index (χ0n) is 8.60. The van der Waals surface area contributed by atoms with Crippen molar-refractivity contribution in [1.29, 1.82) is 0 Å². The molecule has 0 spiro atoms. The molecule has 0 saturated carbocycles. The zero-order chi connectivity index (χ0) is 11.0. The molecule has 1 atom stereocenters. The maximum Gasteiger partial charge on any atom is 0.0299 e. The Morgan fingerprint density at radius 3 is 2.31 bits per heavy atom. The number of hydrogen-bond donors (Lipinski definition) is 0. The average Bonchev–Trinajstić information content (AvgIpc) is 2.69. The highest BCUT2D eigenvalue weighted by Gasteiger charge is 2.07. The quantitative estimate of drug-likeness (QED) is 0.548. The van der Waals surface area contributed by atoms with Gasteiger partial charge < -0.3 is 0 Å². The van der Waals surface area contributed by atoms with E-state index in [1.807, 2.05) is 0 Å². The Kier molecular flexibility index (Phi) is 2.59. The lowest BCUT2D eigenvalue weighted by molar-refractivity contribution is 1.76. The maximum atomic E-state index is 3.65. The molecule has 0 saturated heterocycles. The van der Waals surface area contributed by atoms with Gasteiger partial charge in [-0.25, -0.2) is 0 Å². The Labute approximate surface area is 104 Å². The summed E-state index contributed by atoms with van der Waals surface area (Å²) in [5.74, 6) is 2.34. The van der Waals surface area contributed by atoms with Gasteiger partial charge in [0.2, 0.25) is 0 Å². The van der Waals surface area contributed by atoms with E-state index in [2.05, 4.69) is 76.3 Å². The molecule has 16 heavy (non-hydrogen) atoms. The molecule has 0 amide bonds. The predicted octanol–water partition coefficient (Wildman–Crippen LogP) is 5.58. The van der Waals surface area contributed by atoms with Crippen LogP contribution in [0.4, 0.5) is 0 Å². The lowest BCUT2D eigenvalue weighted by Crippen LogP contribution is -1.64. The van der Waals surface area contributed by atoms with Gasteiger partial charge in [0, 0.05) is 15.0 Å². The number of halogens is 1. The first kappa shape index (κ1) is 10.1. The molecule has 0 bridgehead atoms. The first-order valence-corrected chi connectivity index (χ1v) is 7.37. The molecular formula is C14H10BrP. The molecular weight excluding hydrogens is 279 g/mol. The minimum absolute atomic E-state index is 0.304. The Hall–Kier alpha value is -1.04. The topological polar surface area (TPSA) is 0 Å². The van der Waals surface area contributed by atoms with Gasteiger partial charge in [-0.1, -0.05) is 62.1 Å². The van der Waals surface area contributed by atoms with Crippen LogP contribution >= 0.6 is 23.5 Å². The second-order valence-corrected chi connectivity index (χ2v) is 6.55. The summed E-state index contributed by atoms with van der Waals surface area (Å²) in [5, 5.41) is 4.22. The van der Waals surface area contributed by atoms with Crippen LogP contribution in [0.3, 0.4) is 0 Å². The van der Waals surface area contributed by atoms with Gasteiger partial charge in [0.15, 0.2) is 0 Å². The summed E-state index contributed by atoms with van der Waals surface area (Å²) in [6.07, 6.45) is 0. The van der Waals surface area contributed by atoms with Crippen molar-refractivity contribution >= 4 is 34.0 Å². The van der Waals surface area contributed by atoms with Crippen LogP contribution in [-0.4, -0.2) is 0 Å². The molecule has 3 aromatic rings. The molecule has 0 fully saturated rings. The van der Waals surface area contributed by atoms with Crippen molar-refractivity contribution < 1.29 is 0 Å². The third-order valence-corrected chi connectivity index (χ3v) is 5.99. The summed E-state index contributed by atoms with van der Waals surface area (Å²) < 4.78 is 1.23. The summed E-state index contributed by atoms with van der Waals surface area (Å²) in [5.41, 5.74) is 0. The van der Waals surface area contributed by atoms with E-state index in [1.54, 1.807) is 0 Å². The van der Waals surface area contributed by atoms with Gasteiger partial charge in [-0.3, -0.25) is 0 Å². The molecule has 3 rings (SSSR count). The van der Waals surface area contributed by atoms with Crippen molar-refractivity contribution in [2.24, 2.45) is 0 Å². The van der Waals surface area contributed by atoms with Crippen molar-refractivity contribution in [2.75, 3.05) is 0 Å². The summed E-state index contributed by atoms with van der Waals surface area (Å²) in [7, 11) is -0.304. The number of fused-ring (bicyclic) bond motifs is 1. The van der Waals surface area contributed by atoms with Crippen molar-refractivity contribution in [1.82, 2.24) is 0 Å². The van der Waals surface area contributed by atoms with Crippen LogP contribution in [0.25, 0.3) is 15.8 Å². The SMILES string of the molecule is Brc1cp(-c2ccccc2)c2ccccc12. The van der Waals surface area contributed by atoms with Gasteiger partial charge in [0.25, 0.3) is 0 Å². The maximum absolute atomic E-state index is 3.65. The van der Waals surface area contributed by atoms with Crippen molar-refractivity contribution in [3.8, 4) is 5.30 Å². The third kappa shape index (κ3) is 1.61. The Morgan fingerprint density at radius 2 is 1.50 bits per heavy atom. The fourth-order valence-corrected chi connectivity index (χ4v) is 5.18. The van der Waals surface area contributed by atoms with E-state index in [0.717, 1.165) is 0 Å². The van der Waals surface area contributed by atoms with Crippen LogP contribution in [0.15, 0.2) is 64.9 Å². The van der Waals surface area contributed by atoms with Gasteiger partial charge in [-0.2, -0.15) is 0 Å². The van der Waals surface area contributed by atoms with Crippen LogP contribution in [-0.2, 0) is 0 Å². The fourth-order valence-electron chi connectivity index (χ4n) is 1.94. The lowest BCUT2D eigenvalue weighted by atomic mass is 10.3. The highest BCUT2D eigenvalue weighted by molar-refractivity contribution is 9.10. The molecule has 0 aliphatic carbocycles. The molecule has 1 aromatic heterocycles. The smallest absolute Gasteiger partial charge is 0.0299 e. The van der Waals surface area contributed by atoms with Crippen molar-refractivity contribution in [3.05, 3.63) is 64.9 Å². The molecule has 2 heteroatoms. The van der Waals surface area contributed by atoms with E-state index in [4.69, 9.17) is 0 Å². The number of benzene rings is 2. The van der Waals surface area contributed by atoms with Crippen molar-refractivity contribution in [3.63, 3.8) is 0 Å². The van der Waals surface area contributed by atoms with E-state index in [-0.39, 0.29) is 7.53 Å². The normalized spacial score (nSPS) is 11.9. The molecule has 0 radical (unpaired) electrons. The molecule has 1 heterocycles. The molecule has 1 unspecified atom stereocenters. The van der Waals surface area contributed by atoms with E-state index >= 15 is 0 Å². The molecule has 0 nitrogen and oxygen atoms in total. The van der Waals surface area contributed by atoms with Crippen LogP contribution in [0.5, 0.6) is 0 Å². The van der Waals surface area contributed by atoms with Gasteiger partial charge in [-0.05, 0) is 27.0 Å². The highest BCUT2D eigenvalue weighted by atomic mass is 79.9. The summed E-state index contributed by atoms with van der Waals surface area (Å²) >= 11 is 3.65. The van der Waals surface area contributed by atoms with Gasteiger partial charge in [-0.15, -0.1) is 0 Å². The van der Waals surface area contributed by atoms with E-state index in [0.29, 0.717) is 0 Å². The lowest BCUT2D eigenvalue weighted by Gasteiger charge is -1.99. The first-order valence-electron chi connectivity index (χ1n) is 5.17. The highest BCUT2D eigenvalue weighted by Crippen LogP contribution is 2.50. The molecule has 0 aliphatic heterocycles. The molecule has 78 valence electrons. The van der Waals surface area contributed by atoms with E-state index in [1.165, 1.54) is 20.3 Å². The Bertz CT molecular complexity index is 626. The van der Waals surface area contributed by atoms with Gasteiger partial charge in [0.05, 0.1) is 0 Å². The van der Waals surface area contributed by atoms with E-state index in [9.17, 15) is 0 Å². The zero-order valence-corrected chi connectivity index (χ0v) is 11.1. The van der Waals surface area contributed by atoms with Crippen LogP contribution in [0, 0.1) is 0 Å². The van der Waals surface area contributed by atoms with E-state index < -0.39 is 0 Å². The second kappa shape index (κ2) is 4.08. The summed E-state index contributed by atoms with van der Waals surface area (Å²) in [4.78, 5) is 0. The largest absolute Gasteiger partial charge is 0.0841 e. The average molecular weight is 289 g/mol.